The highest BCUT2D eigenvalue weighted by Crippen LogP contribution is 2.34. The van der Waals surface area contributed by atoms with E-state index in [-0.39, 0.29) is 23.5 Å². The number of fused-ring (bicyclic) bond motifs is 1. The van der Waals surface area contributed by atoms with Crippen LogP contribution in [0.5, 0.6) is 0 Å². The number of nitrogens with zero attached hydrogens (tertiary/aromatic N) is 3. The minimum atomic E-state index is -0.528. The summed E-state index contributed by atoms with van der Waals surface area (Å²) in [6.45, 7) is 0.278. The number of anilines is 1. The summed E-state index contributed by atoms with van der Waals surface area (Å²) in [4.78, 5) is 27.3. The van der Waals surface area contributed by atoms with E-state index in [1.807, 2.05) is 24.3 Å². The molecule has 0 unspecified atom stereocenters. The van der Waals surface area contributed by atoms with E-state index in [0.717, 1.165) is 33.7 Å². The molecule has 0 saturated heterocycles. The highest BCUT2D eigenvalue weighted by molar-refractivity contribution is 7.99. The molecule has 30 heavy (non-hydrogen) atoms. The molecule has 0 bridgehead atoms. The van der Waals surface area contributed by atoms with Gasteiger partial charge in [0.1, 0.15) is 5.75 Å². The van der Waals surface area contributed by atoms with Gasteiger partial charge < -0.3 is 14.1 Å². The molecule has 1 aromatic heterocycles. The number of esters is 1. The highest BCUT2D eigenvalue weighted by atomic mass is 35.5. The number of carbonyl (C=O) groups is 2. The second-order valence-corrected chi connectivity index (χ2v) is 8.69. The van der Waals surface area contributed by atoms with Crippen LogP contribution in [0.3, 0.4) is 0 Å². The second-order valence-electron chi connectivity index (χ2n) is 6.19. The molecule has 4 rings (SSSR count). The molecule has 0 aliphatic carbocycles. The molecule has 3 aromatic rings. The monoisotopic (exact) mass is 461 g/mol. The lowest BCUT2D eigenvalue weighted by molar-refractivity contribution is -0.145. The van der Waals surface area contributed by atoms with E-state index in [1.165, 1.54) is 0 Å². The Hall–Kier alpha value is -2.49. The predicted octanol–water partition coefficient (Wildman–Crippen LogP) is 4.16. The van der Waals surface area contributed by atoms with Crippen molar-refractivity contribution >= 4 is 52.7 Å². The van der Waals surface area contributed by atoms with E-state index >= 15 is 0 Å². The summed E-state index contributed by atoms with van der Waals surface area (Å²) in [7, 11) is 0. The predicted molar refractivity (Wildman–Crippen MR) is 116 cm³/mol. The molecule has 0 spiro atoms. The number of halogens is 1. The SMILES string of the molecule is O=C(CSc1nnc(-c2ccc(Cl)cc2)o1)OCC(=O)N1CCSc2ccccc21. The van der Waals surface area contributed by atoms with Crippen LogP contribution < -0.4 is 4.90 Å². The minimum Gasteiger partial charge on any atom is -0.455 e. The number of rotatable bonds is 6. The van der Waals surface area contributed by atoms with Crippen LogP contribution in [0.25, 0.3) is 11.5 Å². The molecule has 0 radical (unpaired) electrons. The van der Waals surface area contributed by atoms with Gasteiger partial charge in [0.2, 0.25) is 5.89 Å². The van der Waals surface area contributed by atoms with Gasteiger partial charge in [0.25, 0.3) is 11.1 Å². The quantitative estimate of drug-likeness (QED) is 0.399. The first-order valence-electron chi connectivity index (χ1n) is 9.00. The van der Waals surface area contributed by atoms with Gasteiger partial charge in [-0.05, 0) is 36.4 Å². The van der Waals surface area contributed by atoms with E-state index in [4.69, 9.17) is 20.8 Å². The van der Waals surface area contributed by atoms with Gasteiger partial charge in [0, 0.05) is 27.8 Å². The number of benzene rings is 2. The fourth-order valence-electron chi connectivity index (χ4n) is 2.79. The van der Waals surface area contributed by atoms with Crippen molar-refractivity contribution in [2.24, 2.45) is 0 Å². The number of hydrogen-bond donors (Lipinski definition) is 0. The molecule has 0 fully saturated rings. The number of aromatic nitrogens is 2. The summed E-state index contributed by atoms with van der Waals surface area (Å²) in [5.74, 6) is 0.323. The number of amides is 1. The molecule has 7 nitrogen and oxygen atoms in total. The zero-order chi connectivity index (χ0) is 20.9. The molecule has 10 heteroatoms. The average molecular weight is 462 g/mol. The van der Waals surface area contributed by atoms with E-state index in [0.29, 0.717) is 17.5 Å². The smallest absolute Gasteiger partial charge is 0.316 e. The van der Waals surface area contributed by atoms with Gasteiger partial charge in [-0.1, -0.05) is 35.5 Å². The normalized spacial score (nSPS) is 13.0. The molecule has 2 heterocycles. The molecule has 1 amide bonds. The number of carbonyl (C=O) groups excluding carboxylic acids is 2. The van der Waals surface area contributed by atoms with E-state index < -0.39 is 5.97 Å². The van der Waals surface area contributed by atoms with Crippen LogP contribution in [0.1, 0.15) is 0 Å². The Morgan fingerprint density at radius 3 is 2.80 bits per heavy atom. The number of hydrogen-bond acceptors (Lipinski definition) is 8. The Bertz CT molecular complexity index is 1060. The Labute approximate surface area is 186 Å². The average Bonchev–Trinajstić information content (AvgIpc) is 3.25. The summed E-state index contributed by atoms with van der Waals surface area (Å²) < 4.78 is 10.7. The van der Waals surface area contributed by atoms with Crippen molar-refractivity contribution in [2.75, 3.05) is 29.6 Å². The van der Waals surface area contributed by atoms with Crippen molar-refractivity contribution in [1.29, 1.82) is 0 Å². The summed E-state index contributed by atoms with van der Waals surface area (Å²) in [5.41, 5.74) is 1.58. The minimum absolute atomic E-state index is 0.0397. The first-order chi connectivity index (χ1) is 14.6. The maximum absolute atomic E-state index is 12.5. The van der Waals surface area contributed by atoms with Crippen LogP contribution >= 0.6 is 35.1 Å². The van der Waals surface area contributed by atoms with Gasteiger partial charge in [-0.15, -0.1) is 22.0 Å². The van der Waals surface area contributed by atoms with E-state index in [9.17, 15) is 9.59 Å². The van der Waals surface area contributed by atoms with Gasteiger partial charge in [-0.25, -0.2) is 0 Å². The van der Waals surface area contributed by atoms with Gasteiger partial charge in [0.15, 0.2) is 6.61 Å². The molecule has 0 atom stereocenters. The fraction of sp³-hybridized carbons (Fsp3) is 0.200. The molecule has 0 saturated carbocycles. The topological polar surface area (TPSA) is 85.5 Å². The number of para-hydroxylation sites is 1. The Kier molecular flexibility index (Phi) is 6.61. The highest BCUT2D eigenvalue weighted by Gasteiger charge is 2.23. The molecule has 1 aliphatic heterocycles. The lowest BCUT2D eigenvalue weighted by Crippen LogP contribution is -2.38. The molecule has 154 valence electrons. The largest absolute Gasteiger partial charge is 0.455 e. The number of ether oxygens (including phenoxy) is 1. The lowest BCUT2D eigenvalue weighted by atomic mass is 10.2. The summed E-state index contributed by atoms with van der Waals surface area (Å²) in [5, 5.41) is 8.71. The summed E-state index contributed by atoms with van der Waals surface area (Å²) >= 11 is 8.63. The maximum atomic E-state index is 12.5. The Morgan fingerprint density at radius 1 is 1.17 bits per heavy atom. The Morgan fingerprint density at radius 2 is 1.97 bits per heavy atom. The van der Waals surface area contributed by atoms with Gasteiger partial charge in [-0.2, -0.15) is 0 Å². The lowest BCUT2D eigenvalue weighted by Gasteiger charge is -2.28. The standard InChI is InChI=1S/C20H16ClN3O4S2/c21-14-7-5-13(6-8-14)19-22-23-20(28-19)30-12-18(26)27-11-17(25)24-9-10-29-16-4-2-1-3-15(16)24/h1-8H,9-12H2. The van der Waals surface area contributed by atoms with Crippen LogP contribution in [-0.2, 0) is 14.3 Å². The van der Waals surface area contributed by atoms with Crippen molar-refractivity contribution in [3.63, 3.8) is 0 Å². The first-order valence-corrected chi connectivity index (χ1v) is 11.3. The van der Waals surface area contributed by atoms with Crippen molar-refractivity contribution in [3.05, 3.63) is 53.6 Å². The molecule has 0 N–H and O–H groups in total. The van der Waals surface area contributed by atoms with Gasteiger partial charge in [-0.3, -0.25) is 9.59 Å². The van der Waals surface area contributed by atoms with Crippen LogP contribution in [0, 0.1) is 0 Å². The van der Waals surface area contributed by atoms with Crippen molar-refractivity contribution < 1.29 is 18.7 Å². The zero-order valence-corrected chi connectivity index (χ0v) is 18.0. The van der Waals surface area contributed by atoms with Crippen LogP contribution in [0.15, 0.2) is 63.1 Å². The molecular weight excluding hydrogens is 446 g/mol. The second kappa shape index (κ2) is 9.55. The fourth-order valence-corrected chi connectivity index (χ4v) is 4.47. The van der Waals surface area contributed by atoms with Gasteiger partial charge in [0.05, 0.1) is 5.69 Å². The van der Waals surface area contributed by atoms with Crippen molar-refractivity contribution in [3.8, 4) is 11.5 Å². The van der Waals surface area contributed by atoms with Gasteiger partial charge >= 0.3 is 5.97 Å². The third-order valence-electron chi connectivity index (χ3n) is 4.20. The van der Waals surface area contributed by atoms with Crippen molar-refractivity contribution in [2.45, 2.75) is 10.1 Å². The molecular formula is C20H16ClN3O4S2. The first kappa shape index (κ1) is 20.8. The zero-order valence-electron chi connectivity index (χ0n) is 15.6. The summed E-state index contributed by atoms with van der Waals surface area (Å²) in [6.07, 6.45) is 0. The third-order valence-corrected chi connectivity index (χ3v) is 6.28. The Balaban J connectivity index is 1.27. The van der Waals surface area contributed by atoms with Crippen LogP contribution in [0.2, 0.25) is 5.02 Å². The van der Waals surface area contributed by atoms with E-state index in [1.54, 1.807) is 40.9 Å². The van der Waals surface area contributed by atoms with Crippen LogP contribution in [0.4, 0.5) is 5.69 Å². The number of thioether (sulfide) groups is 2. The molecule has 1 aliphatic rings. The maximum Gasteiger partial charge on any atom is 0.316 e. The van der Waals surface area contributed by atoms with E-state index in [2.05, 4.69) is 10.2 Å². The third kappa shape index (κ3) is 4.97. The van der Waals surface area contributed by atoms with Crippen molar-refractivity contribution in [1.82, 2.24) is 10.2 Å². The molecule has 2 aromatic carbocycles. The summed E-state index contributed by atoms with van der Waals surface area (Å²) in [6, 6.07) is 14.7. The van der Waals surface area contributed by atoms with Crippen LogP contribution in [-0.4, -0.2) is 46.7 Å².